The van der Waals surface area contributed by atoms with Crippen LogP contribution in [-0.2, 0) is 19.6 Å². The highest BCUT2D eigenvalue weighted by Crippen LogP contribution is 2.28. The first kappa shape index (κ1) is 25.5. The van der Waals surface area contributed by atoms with Gasteiger partial charge in [0.15, 0.2) is 0 Å². The van der Waals surface area contributed by atoms with Gasteiger partial charge >= 0.3 is 12.1 Å². The topological polar surface area (TPSA) is 137 Å². The van der Waals surface area contributed by atoms with E-state index in [1.165, 1.54) is 11.2 Å². The Labute approximate surface area is 181 Å². The molecule has 0 radical (unpaired) electrons. The summed E-state index contributed by atoms with van der Waals surface area (Å²) in [6.07, 6.45) is -2.41. The molecule has 3 N–H and O–H groups in total. The van der Waals surface area contributed by atoms with Gasteiger partial charge in [-0.2, -0.15) is 17.5 Å². The van der Waals surface area contributed by atoms with Gasteiger partial charge in [0.05, 0.1) is 4.90 Å². The summed E-state index contributed by atoms with van der Waals surface area (Å²) < 4.78 is 59.2. The summed E-state index contributed by atoms with van der Waals surface area (Å²) >= 11 is 0. The number of aliphatic carboxylic acids is 1. The number of carbonyl (C=O) groups is 2. The van der Waals surface area contributed by atoms with Crippen LogP contribution >= 0.6 is 0 Å². The molecule has 0 saturated carbocycles. The smallest absolute Gasteiger partial charge is 0.475 e. The minimum atomic E-state index is -5.08. The molecule has 1 aliphatic rings. The van der Waals surface area contributed by atoms with Crippen molar-refractivity contribution >= 4 is 32.7 Å². The number of nitrogens with zero attached hydrogens (tertiary/aromatic N) is 2. The summed E-state index contributed by atoms with van der Waals surface area (Å²) in [4.78, 5) is 24.8. The molecule has 176 valence electrons. The zero-order valence-electron chi connectivity index (χ0n) is 17.1. The molecule has 1 fully saturated rings. The molecule has 2 heterocycles. The molecule has 0 aliphatic carbocycles. The van der Waals surface area contributed by atoms with Crippen LogP contribution in [0, 0.1) is 6.92 Å². The summed E-state index contributed by atoms with van der Waals surface area (Å²) in [6, 6.07) is 4.89. The van der Waals surface area contributed by atoms with E-state index in [9.17, 15) is 31.5 Å². The fraction of sp³-hybridized carbons (Fsp3) is 0.421. The Morgan fingerprint density at radius 3 is 2.44 bits per heavy atom. The quantitative estimate of drug-likeness (QED) is 0.606. The van der Waals surface area contributed by atoms with E-state index < -0.39 is 34.2 Å². The Kier molecular flexibility index (Phi) is 7.80. The number of aliphatic hydroxyl groups is 1. The predicted molar refractivity (Wildman–Crippen MR) is 107 cm³/mol. The number of carboxylic acids is 1. The zero-order chi connectivity index (χ0) is 24.3. The summed E-state index contributed by atoms with van der Waals surface area (Å²) in [5.74, 6) is -3.25. The first-order valence-corrected chi connectivity index (χ1v) is 10.8. The third kappa shape index (κ3) is 5.93. The highest BCUT2D eigenvalue weighted by atomic mass is 32.2. The van der Waals surface area contributed by atoms with E-state index in [2.05, 4.69) is 10.3 Å². The number of carboxylic acid groups (broad SMARTS) is 1. The van der Waals surface area contributed by atoms with E-state index in [0.29, 0.717) is 18.4 Å². The summed E-state index contributed by atoms with van der Waals surface area (Å²) in [6.45, 7) is 3.78. The van der Waals surface area contributed by atoms with Crippen LogP contribution in [0.5, 0.6) is 0 Å². The van der Waals surface area contributed by atoms with E-state index in [1.807, 2.05) is 13.0 Å². The second-order valence-corrected chi connectivity index (χ2v) is 9.05. The number of halogens is 3. The molecule has 9 nitrogen and oxygen atoms in total. The van der Waals surface area contributed by atoms with E-state index in [4.69, 9.17) is 9.90 Å². The number of hydrogen-bond acceptors (Lipinski definition) is 6. The number of carbonyl (C=O) groups excluding carboxylic acids is 1. The Morgan fingerprint density at radius 1 is 1.25 bits per heavy atom. The number of nitrogens with one attached hydrogen (secondary N) is 1. The zero-order valence-corrected chi connectivity index (χ0v) is 17.9. The van der Waals surface area contributed by atoms with E-state index in [0.717, 1.165) is 10.9 Å². The first-order valence-electron chi connectivity index (χ1n) is 9.37. The minimum absolute atomic E-state index is 0.191. The predicted octanol–water partition coefficient (Wildman–Crippen LogP) is 1.44. The van der Waals surface area contributed by atoms with Gasteiger partial charge in [-0.25, -0.2) is 13.2 Å². The van der Waals surface area contributed by atoms with Crippen molar-refractivity contribution in [2.24, 2.45) is 0 Å². The Balaban J connectivity index is 0.000000451. The van der Waals surface area contributed by atoms with Crippen molar-refractivity contribution in [3.05, 3.63) is 36.2 Å². The van der Waals surface area contributed by atoms with Gasteiger partial charge in [0.25, 0.3) is 0 Å². The van der Waals surface area contributed by atoms with Crippen molar-refractivity contribution in [1.82, 2.24) is 14.6 Å². The maximum atomic E-state index is 13.1. The van der Waals surface area contributed by atoms with Crippen LogP contribution in [-0.4, -0.2) is 71.2 Å². The molecule has 3 rings (SSSR count). The Bertz CT molecular complexity index is 1110. The lowest BCUT2D eigenvalue weighted by molar-refractivity contribution is -0.192. The van der Waals surface area contributed by atoms with Crippen LogP contribution in [0.1, 0.15) is 18.9 Å². The van der Waals surface area contributed by atoms with Gasteiger partial charge in [0.2, 0.25) is 15.9 Å². The molecule has 0 unspecified atom stereocenters. The van der Waals surface area contributed by atoms with Crippen LogP contribution in [0.3, 0.4) is 0 Å². The number of aryl methyl sites for hydroxylation is 1. The molecule has 13 heteroatoms. The number of hydrogen-bond donors (Lipinski definition) is 3. The number of rotatable bonds is 4. The maximum absolute atomic E-state index is 13.1. The molecule has 1 aromatic heterocycles. The SMILES string of the molecule is Cc1cncc2c(S(=O)(=O)N3CC[C@H](NC(=O)[C@H](C)O)C3)cccc12.O=C(O)C(F)(F)F. The van der Waals surface area contributed by atoms with E-state index in [-0.39, 0.29) is 17.5 Å². The van der Waals surface area contributed by atoms with Crippen LogP contribution in [0.15, 0.2) is 35.5 Å². The molecule has 1 amide bonds. The van der Waals surface area contributed by atoms with Gasteiger partial charge in [-0.15, -0.1) is 0 Å². The fourth-order valence-electron chi connectivity index (χ4n) is 3.06. The molecular formula is C19H22F3N3O6S. The number of alkyl halides is 3. The second kappa shape index (κ2) is 9.79. The molecule has 0 bridgehead atoms. The van der Waals surface area contributed by atoms with E-state index in [1.54, 1.807) is 24.5 Å². The third-order valence-electron chi connectivity index (χ3n) is 4.70. The highest BCUT2D eigenvalue weighted by molar-refractivity contribution is 7.89. The molecule has 1 aliphatic heterocycles. The number of aromatic nitrogens is 1. The number of fused-ring (bicyclic) bond motifs is 1. The normalized spacial score (nSPS) is 18.0. The lowest BCUT2D eigenvalue weighted by Crippen LogP contribution is -2.42. The van der Waals surface area contributed by atoms with Crippen LogP contribution in [0.4, 0.5) is 13.2 Å². The summed E-state index contributed by atoms with van der Waals surface area (Å²) in [7, 11) is -3.69. The third-order valence-corrected chi connectivity index (χ3v) is 6.62. The van der Waals surface area contributed by atoms with Crippen LogP contribution in [0.25, 0.3) is 10.8 Å². The monoisotopic (exact) mass is 477 g/mol. The maximum Gasteiger partial charge on any atom is 0.490 e. The summed E-state index contributed by atoms with van der Waals surface area (Å²) in [5.41, 5.74) is 0.915. The summed E-state index contributed by atoms with van der Waals surface area (Å²) in [5, 5.41) is 20.5. The molecular weight excluding hydrogens is 455 g/mol. The van der Waals surface area contributed by atoms with Crippen molar-refractivity contribution in [3.63, 3.8) is 0 Å². The first-order chi connectivity index (χ1) is 14.7. The highest BCUT2D eigenvalue weighted by Gasteiger charge is 2.38. The van der Waals surface area contributed by atoms with Gasteiger partial charge < -0.3 is 15.5 Å². The lowest BCUT2D eigenvalue weighted by atomic mass is 10.1. The van der Waals surface area contributed by atoms with Gasteiger partial charge in [0, 0.05) is 36.9 Å². The minimum Gasteiger partial charge on any atom is -0.475 e. The van der Waals surface area contributed by atoms with Gasteiger partial charge in [0.1, 0.15) is 6.10 Å². The molecule has 1 aromatic carbocycles. The fourth-order valence-corrected chi connectivity index (χ4v) is 4.76. The largest absolute Gasteiger partial charge is 0.490 e. The molecule has 1 saturated heterocycles. The van der Waals surface area contributed by atoms with Gasteiger partial charge in [-0.05, 0) is 37.3 Å². The number of pyridine rings is 1. The van der Waals surface area contributed by atoms with Crippen molar-refractivity contribution in [1.29, 1.82) is 0 Å². The van der Waals surface area contributed by atoms with Crippen molar-refractivity contribution in [3.8, 4) is 0 Å². The van der Waals surface area contributed by atoms with Crippen molar-refractivity contribution < 1.29 is 41.4 Å². The average Bonchev–Trinajstić information content (AvgIpc) is 3.17. The number of sulfonamides is 1. The Morgan fingerprint density at radius 2 is 1.88 bits per heavy atom. The molecule has 32 heavy (non-hydrogen) atoms. The van der Waals surface area contributed by atoms with Crippen LogP contribution in [0.2, 0.25) is 0 Å². The number of benzene rings is 1. The van der Waals surface area contributed by atoms with Crippen molar-refractivity contribution in [2.75, 3.05) is 13.1 Å². The Hall–Kier alpha value is -2.77. The van der Waals surface area contributed by atoms with Gasteiger partial charge in [-0.3, -0.25) is 9.78 Å². The van der Waals surface area contributed by atoms with Gasteiger partial charge in [-0.1, -0.05) is 12.1 Å². The second-order valence-electron chi connectivity index (χ2n) is 7.14. The number of amides is 1. The van der Waals surface area contributed by atoms with Crippen molar-refractivity contribution in [2.45, 2.75) is 43.5 Å². The molecule has 2 aromatic rings. The molecule has 0 spiro atoms. The lowest BCUT2D eigenvalue weighted by Gasteiger charge is -2.19. The van der Waals surface area contributed by atoms with Crippen LogP contribution < -0.4 is 5.32 Å². The van der Waals surface area contributed by atoms with E-state index >= 15 is 0 Å². The molecule has 2 atom stereocenters. The number of aliphatic hydroxyl groups excluding tert-OH is 1. The average molecular weight is 477 g/mol. The standard InChI is InChI=1S/C17H21N3O4S.C2HF3O2/c1-11-8-18-9-15-14(11)4-3-5-16(15)25(23,24)20-7-6-13(10-20)19-17(22)12(2)21;3-2(4,5)1(6)7/h3-5,8-9,12-13,21H,6-7,10H2,1-2H3,(H,19,22);(H,6,7)/t12-,13-;/m0./s1.